The lowest BCUT2D eigenvalue weighted by Crippen LogP contribution is -2.08. The highest BCUT2D eigenvalue weighted by Crippen LogP contribution is 2.39. The molecule has 27 heavy (non-hydrogen) atoms. The first-order valence-corrected chi connectivity index (χ1v) is 8.92. The van der Waals surface area contributed by atoms with Gasteiger partial charge in [-0.15, -0.1) is 0 Å². The maximum Gasteiger partial charge on any atom is 0.379 e. The van der Waals surface area contributed by atoms with Crippen LogP contribution in [-0.4, -0.2) is 11.8 Å². The lowest BCUT2D eigenvalue weighted by molar-refractivity contribution is 0.0700. The van der Waals surface area contributed by atoms with Gasteiger partial charge in [0.05, 0.1) is 11.8 Å². The zero-order valence-corrected chi connectivity index (χ0v) is 15.8. The number of rotatable bonds is 3. The lowest BCUT2D eigenvalue weighted by Gasteiger charge is -2.09. The summed E-state index contributed by atoms with van der Waals surface area (Å²) in [6.45, 7) is 1.73. The fraction of sp³-hybridized carbons (Fsp3) is 0.0476. The molecule has 134 valence electrons. The fourth-order valence-electron chi connectivity index (χ4n) is 2.76. The van der Waals surface area contributed by atoms with Gasteiger partial charge in [0.25, 0.3) is 0 Å². The van der Waals surface area contributed by atoms with Gasteiger partial charge in [0.2, 0.25) is 11.5 Å². The molecule has 0 amide bonds. The SMILES string of the molecule is Cc1c(OC(=O)c2ccco2)ccc2c1O/C(=C\c1ccccc1Br)C2=O. The fourth-order valence-corrected chi connectivity index (χ4v) is 3.16. The second kappa shape index (κ2) is 6.89. The Morgan fingerprint density at radius 2 is 1.93 bits per heavy atom. The quantitative estimate of drug-likeness (QED) is 0.329. The van der Waals surface area contributed by atoms with Crippen LogP contribution in [0.5, 0.6) is 11.5 Å². The number of carbonyl (C=O) groups is 2. The van der Waals surface area contributed by atoms with Crippen LogP contribution in [0, 0.1) is 6.92 Å². The molecule has 1 aromatic heterocycles. The number of esters is 1. The molecule has 6 heteroatoms. The van der Waals surface area contributed by atoms with Crippen molar-refractivity contribution < 1.29 is 23.5 Å². The number of hydrogen-bond acceptors (Lipinski definition) is 5. The van der Waals surface area contributed by atoms with E-state index in [1.165, 1.54) is 12.3 Å². The van der Waals surface area contributed by atoms with Crippen LogP contribution in [0.25, 0.3) is 6.08 Å². The molecular weight excluding hydrogens is 412 g/mol. The van der Waals surface area contributed by atoms with Crippen molar-refractivity contribution in [3.8, 4) is 11.5 Å². The number of halogens is 1. The minimum absolute atomic E-state index is 0.0985. The van der Waals surface area contributed by atoms with Gasteiger partial charge in [-0.2, -0.15) is 0 Å². The molecule has 1 aliphatic heterocycles. The van der Waals surface area contributed by atoms with Gasteiger partial charge in [0, 0.05) is 10.0 Å². The molecule has 2 heterocycles. The third-order valence-corrected chi connectivity index (χ3v) is 4.88. The third kappa shape index (κ3) is 3.19. The van der Waals surface area contributed by atoms with Gasteiger partial charge >= 0.3 is 5.97 Å². The van der Waals surface area contributed by atoms with Crippen LogP contribution < -0.4 is 9.47 Å². The van der Waals surface area contributed by atoms with Gasteiger partial charge in [0.1, 0.15) is 11.5 Å². The minimum atomic E-state index is -0.614. The summed E-state index contributed by atoms with van der Waals surface area (Å²) >= 11 is 3.45. The smallest absolute Gasteiger partial charge is 0.379 e. The lowest BCUT2D eigenvalue weighted by atomic mass is 10.1. The predicted octanol–water partition coefficient (Wildman–Crippen LogP) is 5.19. The van der Waals surface area contributed by atoms with E-state index in [9.17, 15) is 9.59 Å². The van der Waals surface area contributed by atoms with Gasteiger partial charge in [-0.3, -0.25) is 4.79 Å². The Hall–Kier alpha value is -3.12. The van der Waals surface area contributed by atoms with Crippen LogP contribution in [0.1, 0.15) is 32.0 Å². The summed E-state index contributed by atoms with van der Waals surface area (Å²) in [5, 5.41) is 0. The molecule has 0 aliphatic carbocycles. The van der Waals surface area contributed by atoms with Gasteiger partial charge in [-0.1, -0.05) is 34.1 Å². The van der Waals surface area contributed by atoms with Crippen molar-refractivity contribution in [3.63, 3.8) is 0 Å². The highest BCUT2D eigenvalue weighted by molar-refractivity contribution is 9.10. The summed E-state index contributed by atoms with van der Waals surface area (Å²) in [7, 11) is 0. The molecule has 0 saturated heterocycles. The summed E-state index contributed by atoms with van der Waals surface area (Å²) in [5.74, 6) is 0.188. The molecule has 2 aromatic carbocycles. The van der Waals surface area contributed by atoms with Gasteiger partial charge in [0.15, 0.2) is 5.76 Å². The predicted molar refractivity (Wildman–Crippen MR) is 102 cm³/mol. The summed E-state index contributed by atoms with van der Waals surface area (Å²) in [6.07, 6.45) is 3.08. The normalized spacial score (nSPS) is 14.1. The molecule has 5 nitrogen and oxygen atoms in total. The average Bonchev–Trinajstić information content (AvgIpc) is 3.29. The largest absolute Gasteiger partial charge is 0.457 e. The number of furan rings is 1. The van der Waals surface area contributed by atoms with Crippen LogP contribution in [0.3, 0.4) is 0 Å². The van der Waals surface area contributed by atoms with Gasteiger partial charge in [-0.25, -0.2) is 4.79 Å². The molecule has 0 atom stereocenters. The molecule has 1 aliphatic rings. The number of fused-ring (bicyclic) bond motifs is 1. The maximum atomic E-state index is 12.7. The van der Waals surface area contributed by atoms with E-state index in [0.717, 1.165) is 10.0 Å². The molecule has 3 aromatic rings. The van der Waals surface area contributed by atoms with E-state index in [-0.39, 0.29) is 17.3 Å². The first kappa shape index (κ1) is 17.3. The Bertz CT molecular complexity index is 1080. The summed E-state index contributed by atoms with van der Waals surface area (Å²) in [5.41, 5.74) is 1.83. The van der Waals surface area contributed by atoms with Crippen molar-refractivity contribution in [3.05, 3.63) is 87.5 Å². The highest BCUT2D eigenvalue weighted by atomic mass is 79.9. The molecule has 0 unspecified atom stereocenters. The van der Waals surface area contributed by atoms with Crippen molar-refractivity contribution in [1.82, 2.24) is 0 Å². The summed E-state index contributed by atoms with van der Waals surface area (Å²) < 4.78 is 17.1. The van der Waals surface area contributed by atoms with Crippen molar-refractivity contribution in [2.24, 2.45) is 0 Å². The number of carbonyl (C=O) groups excluding carboxylic acids is 2. The topological polar surface area (TPSA) is 65.7 Å². The zero-order valence-electron chi connectivity index (χ0n) is 14.2. The molecule has 0 spiro atoms. The second-order valence-electron chi connectivity index (χ2n) is 5.89. The number of hydrogen-bond donors (Lipinski definition) is 0. The molecule has 4 rings (SSSR count). The van der Waals surface area contributed by atoms with Gasteiger partial charge in [-0.05, 0) is 48.9 Å². The number of ether oxygens (including phenoxy) is 2. The Kier molecular flexibility index (Phi) is 4.41. The second-order valence-corrected chi connectivity index (χ2v) is 6.75. The summed E-state index contributed by atoms with van der Waals surface area (Å²) in [4.78, 5) is 24.7. The third-order valence-electron chi connectivity index (χ3n) is 4.15. The molecule has 0 saturated carbocycles. The van der Waals surface area contributed by atoms with E-state index in [0.29, 0.717) is 22.6 Å². The standard InChI is InChI=1S/C21H13BrO5/c1-12-16(27-21(24)17-7-4-10-25-17)9-8-14-19(23)18(26-20(12)14)11-13-5-2-3-6-15(13)22/h2-11H,1H3/b18-11-. The van der Waals surface area contributed by atoms with Gasteiger partial charge < -0.3 is 13.9 Å². The van der Waals surface area contributed by atoms with Crippen molar-refractivity contribution >= 4 is 33.8 Å². The number of benzene rings is 2. The van der Waals surface area contributed by atoms with Crippen molar-refractivity contribution in [2.45, 2.75) is 6.92 Å². The number of Topliss-reactive ketones (excluding diaryl/α,β-unsaturated/α-hetero) is 1. The van der Waals surface area contributed by atoms with E-state index >= 15 is 0 Å². The summed E-state index contributed by atoms with van der Waals surface area (Å²) in [6, 6.07) is 13.8. The molecule has 0 bridgehead atoms. The van der Waals surface area contributed by atoms with Crippen LogP contribution in [0.4, 0.5) is 0 Å². The minimum Gasteiger partial charge on any atom is -0.457 e. The van der Waals surface area contributed by atoms with E-state index in [1.807, 2.05) is 24.3 Å². The van der Waals surface area contributed by atoms with E-state index in [1.54, 1.807) is 31.2 Å². The van der Waals surface area contributed by atoms with Crippen LogP contribution in [0.15, 0.2) is 69.4 Å². The number of allylic oxidation sites excluding steroid dienone is 1. The molecular formula is C21H13BrO5. The molecule has 0 N–H and O–H groups in total. The zero-order chi connectivity index (χ0) is 19.0. The molecule has 0 radical (unpaired) electrons. The first-order valence-electron chi connectivity index (χ1n) is 8.12. The van der Waals surface area contributed by atoms with E-state index in [4.69, 9.17) is 13.9 Å². The van der Waals surface area contributed by atoms with Crippen LogP contribution >= 0.6 is 15.9 Å². The Morgan fingerprint density at radius 1 is 1.11 bits per heavy atom. The van der Waals surface area contributed by atoms with Crippen LogP contribution in [0.2, 0.25) is 0 Å². The Morgan fingerprint density at radius 3 is 2.67 bits per heavy atom. The monoisotopic (exact) mass is 424 g/mol. The maximum absolute atomic E-state index is 12.7. The highest BCUT2D eigenvalue weighted by Gasteiger charge is 2.30. The average molecular weight is 425 g/mol. The van der Waals surface area contributed by atoms with E-state index < -0.39 is 5.97 Å². The van der Waals surface area contributed by atoms with Crippen molar-refractivity contribution in [1.29, 1.82) is 0 Å². The van der Waals surface area contributed by atoms with E-state index in [2.05, 4.69) is 15.9 Å². The first-order chi connectivity index (χ1) is 13.0. The molecule has 0 fully saturated rings. The Labute approximate surface area is 163 Å². The van der Waals surface area contributed by atoms with Crippen LogP contribution in [-0.2, 0) is 0 Å². The number of ketones is 1. The van der Waals surface area contributed by atoms with Crippen molar-refractivity contribution in [2.75, 3.05) is 0 Å². The Balaban J connectivity index is 1.65.